The van der Waals surface area contributed by atoms with Gasteiger partial charge in [0.25, 0.3) is 0 Å². The van der Waals surface area contributed by atoms with E-state index in [4.69, 9.17) is 28.4 Å². The summed E-state index contributed by atoms with van der Waals surface area (Å²) in [5, 5.41) is 0. The van der Waals surface area contributed by atoms with Crippen molar-refractivity contribution in [2.45, 2.75) is 75.2 Å². The minimum absolute atomic E-state index is 0. The van der Waals surface area contributed by atoms with Gasteiger partial charge in [-0.2, -0.15) is 0 Å². The van der Waals surface area contributed by atoms with E-state index >= 15 is 0 Å². The molecule has 0 spiro atoms. The summed E-state index contributed by atoms with van der Waals surface area (Å²) in [6, 6.07) is 42.0. The molecule has 0 N–H and O–H groups in total. The van der Waals surface area contributed by atoms with E-state index in [1.165, 1.54) is 0 Å². The minimum atomic E-state index is -1.06. The first-order valence-corrected chi connectivity index (χ1v) is 24.1. The molecule has 1 unspecified atom stereocenters. The normalized spacial score (nSPS) is 12.8. The van der Waals surface area contributed by atoms with Crippen molar-refractivity contribution < 1.29 is 57.2 Å². The molecule has 0 fully saturated rings. The molecule has 0 aliphatic carbocycles. The number of Topliss-reactive ketones (excluding diaryl/α,β-unsaturated/α-hetero) is 6. The molecule has 0 aromatic heterocycles. The summed E-state index contributed by atoms with van der Waals surface area (Å²) in [6.07, 6.45) is 1.21. The minimum Gasteiger partial charge on any atom is -0.486 e. The lowest BCUT2D eigenvalue weighted by Crippen LogP contribution is -2.38. The second-order valence-corrected chi connectivity index (χ2v) is 16.3. The first kappa shape index (κ1) is 57.7. The Hall–Kier alpha value is -7.86. The number of hydrogen-bond acceptors (Lipinski definition) is 12. The second kappa shape index (κ2) is 28.2. The van der Waals surface area contributed by atoms with Gasteiger partial charge in [0.05, 0.1) is 17.8 Å². The van der Waals surface area contributed by atoms with Crippen LogP contribution in [0.15, 0.2) is 146 Å². The molecule has 6 aromatic carbocycles. The van der Waals surface area contributed by atoms with Gasteiger partial charge in [-0.25, -0.2) is 0 Å². The van der Waals surface area contributed by atoms with Crippen molar-refractivity contribution in [1.29, 1.82) is 0 Å². The Morgan fingerprint density at radius 2 is 0.726 bits per heavy atom. The van der Waals surface area contributed by atoms with Gasteiger partial charge in [-0.3, -0.25) is 28.8 Å². The highest BCUT2D eigenvalue weighted by molar-refractivity contribution is 6.20. The number of benzene rings is 6. The van der Waals surface area contributed by atoms with Crippen molar-refractivity contribution in [3.05, 3.63) is 179 Å². The van der Waals surface area contributed by atoms with Crippen LogP contribution in [0.25, 0.3) is 0 Å². The Morgan fingerprint density at radius 1 is 0.397 bits per heavy atom. The molecule has 0 amide bonds. The SMILES string of the molecule is C.C.CC.CCC(C(=O)c1ccccc1)C(=O)c1ccc2c(c1)OCCO2.CCC(CC)(C(=O)c1ccccc1)C(=O)c1ccc2c(c1)OCCO2.O=C(CC(=O)c1ccc2c(c1)OCCO2)c1ccccc1. The third-order valence-corrected chi connectivity index (χ3v) is 12.1. The molecule has 0 radical (unpaired) electrons. The number of carbonyl (C=O) groups is 6. The standard InChI is InChI=1S/C21H22O4.C19H18O4.C17H14O4.C2H6.2CH4/c1-3-21(4-2,19(22)15-8-6-5-7-9-15)20(23)16-10-11-17-18(14-16)25-13-12-24-17;1-2-15(18(20)13-6-4-3-5-7-13)19(21)14-8-9-16-17(12-14)23-11-10-22-16;18-14(12-4-2-1-3-5-12)11-15(19)13-6-7-16-17(10-13)21-9-8-20-16;1-2;;/h5-11,14H,3-4,12-13H2,1-2H3;3-9,12,15H,2,10-11H2,1H3;1-7,10H,8-9,11H2;1-2H3;2*1H4. The van der Waals surface area contributed by atoms with Gasteiger partial charge in [-0.1, -0.05) is 140 Å². The molecular formula is C61H68O12. The summed E-state index contributed by atoms with van der Waals surface area (Å²) in [4.78, 5) is 76.1. The maximum absolute atomic E-state index is 13.3. The molecule has 12 nitrogen and oxygen atoms in total. The average molecular weight is 993 g/mol. The van der Waals surface area contributed by atoms with Crippen LogP contribution in [-0.4, -0.2) is 74.3 Å². The molecule has 0 saturated heterocycles. The molecule has 73 heavy (non-hydrogen) atoms. The molecule has 0 bridgehead atoms. The zero-order valence-electron chi connectivity index (χ0n) is 40.9. The van der Waals surface area contributed by atoms with Crippen LogP contribution in [0.5, 0.6) is 34.5 Å². The fourth-order valence-corrected chi connectivity index (χ4v) is 8.20. The third kappa shape index (κ3) is 14.2. The van der Waals surface area contributed by atoms with Crippen molar-refractivity contribution in [1.82, 2.24) is 0 Å². The van der Waals surface area contributed by atoms with E-state index in [1.54, 1.807) is 115 Å². The molecule has 3 heterocycles. The molecular weight excluding hydrogens is 925 g/mol. The van der Waals surface area contributed by atoms with Gasteiger partial charge in [0.15, 0.2) is 69.2 Å². The highest BCUT2D eigenvalue weighted by atomic mass is 16.6. The van der Waals surface area contributed by atoms with Crippen molar-refractivity contribution >= 4 is 34.7 Å². The predicted octanol–water partition coefficient (Wildman–Crippen LogP) is 13.1. The van der Waals surface area contributed by atoms with Crippen molar-refractivity contribution in [3.8, 4) is 34.5 Å². The van der Waals surface area contributed by atoms with Crippen LogP contribution in [0.2, 0.25) is 0 Å². The molecule has 0 saturated carbocycles. The van der Waals surface area contributed by atoms with Gasteiger partial charge < -0.3 is 28.4 Å². The van der Waals surface area contributed by atoms with Gasteiger partial charge in [0, 0.05) is 33.4 Å². The van der Waals surface area contributed by atoms with Crippen LogP contribution in [0, 0.1) is 11.3 Å². The Labute approximate surface area is 430 Å². The molecule has 6 aromatic rings. The molecule has 12 heteroatoms. The van der Waals surface area contributed by atoms with E-state index < -0.39 is 11.3 Å². The molecule has 3 aliphatic rings. The number of fused-ring (bicyclic) bond motifs is 3. The molecule has 9 rings (SSSR count). The molecule has 384 valence electrons. The smallest absolute Gasteiger partial charge is 0.176 e. The fourth-order valence-electron chi connectivity index (χ4n) is 8.20. The Bertz CT molecular complexity index is 2780. The molecule has 3 aliphatic heterocycles. The lowest BCUT2D eigenvalue weighted by molar-refractivity contribution is 0.0643. The van der Waals surface area contributed by atoms with Gasteiger partial charge in [-0.05, 0) is 73.9 Å². The van der Waals surface area contributed by atoms with Crippen LogP contribution in [0.1, 0.15) is 137 Å². The number of carbonyl (C=O) groups excluding carboxylic acids is 6. The summed E-state index contributed by atoms with van der Waals surface area (Å²) < 4.78 is 32.9. The lowest BCUT2D eigenvalue weighted by Gasteiger charge is -2.29. The van der Waals surface area contributed by atoms with E-state index in [1.807, 2.05) is 65.0 Å². The third-order valence-electron chi connectivity index (χ3n) is 12.1. The maximum Gasteiger partial charge on any atom is 0.176 e. The van der Waals surface area contributed by atoms with E-state index in [-0.39, 0.29) is 56.0 Å². The second-order valence-electron chi connectivity index (χ2n) is 16.3. The number of ether oxygens (including phenoxy) is 6. The Kier molecular flexibility index (Phi) is 22.3. The number of hydrogen-bond donors (Lipinski definition) is 0. The van der Waals surface area contributed by atoms with Crippen molar-refractivity contribution in [2.24, 2.45) is 11.3 Å². The Balaban J connectivity index is 0.000000231. The van der Waals surface area contributed by atoms with E-state index in [2.05, 4.69) is 0 Å². The summed E-state index contributed by atoms with van der Waals surface area (Å²) in [5.41, 5.74) is 2.03. The summed E-state index contributed by atoms with van der Waals surface area (Å²) in [6.45, 7) is 12.5. The Morgan fingerprint density at radius 3 is 1.16 bits per heavy atom. The van der Waals surface area contributed by atoms with Crippen LogP contribution in [0.4, 0.5) is 0 Å². The van der Waals surface area contributed by atoms with E-state index in [0.29, 0.717) is 127 Å². The highest BCUT2D eigenvalue weighted by Gasteiger charge is 2.43. The summed E-state index contributed by atoms with van der Waals surface area (Å²) >= 11 is 0. The number of ketones is 6. The van der Waals surface area contributed by atoms with Gasteiger partial charge >= 0.3 is 0 Å². The zero-order chi connectivity index (χ0) is 50.8. The fraction of sp³-hybridized carbons (Fsp3) is 0.311. The summed E-state index contributed by atoms with van der Waals surface area (Å²) in [7, 11) is 0. The number of rotatable bonds is 15. The zero-order valence-corrected chi connectivity index (χ0v) is 40.9. The van der Waals surface area contributed by atoms with Crippen LogP contribution < -0.4 is 28.4 Å². The van der Waals surface area contributed by atoms with Crippen LogP contribution in [0.3, 0.4) is 0 Å². The lowest BCUT2D eigenvalue weighted by atomic mass is 9.70. The topological polar surface area (TPSA) is 158 Å². The average Bonchev–Trinajstić information content (AvgIpc) is 3.44. The van der Waals surface area contributed by atoms with E-state index in [9.17, 15) is 28.8 Å². The van der Waals surface area contributed by atoms with Crippen molar-refractivity contribution in [2.75, 3.05) is 39.6 Å². The summed E-state index contributed by atoms with van der Waals surface area (Å²) in [5.74, 6) is 1.87. The largest absolute Gasteiger partial charge is 0.486 e. The van der Waals surface area contributed by atoms with Crippen LogP contribution >= 0.6 is 0 Å². The van der Waals surface area contributed by atoms with Gasteiger partial charge in [0.2, 0.25) is 0 Å². The van der Waals surface area contributed by atoms with E-state index in [0.717, 1.165) is 0 Å². The first-order chi connectivity index (χ1) is 34.6. The quantitative estimate of drug-likeness (QED) is 0.0709. The molecule has 1 atom stereocenters. The van der Waals surface area contributed by atoms with Gasteiger partial charge in [0.1, 0.15) is 39.6 Å². The predicted molar refractivity (Wildman–Crippen MR) is 284 cm³/mol. The monoisotopic (exact) mass is 992 g/mol. The van der Waals surface area contributed by atoms with Gasteiger partial charge in [-0.15, -0.1) is 0 Å². The maximum atomic E-state index is 13.3. The van der Waals surface area contributed by atoms with Crippen molar-refractivity contribution in [3.63, 3.8) is 0 Å². The highest BCUT2D eigenvalue weighted by Crippen LogP contribution is 2.39. The first-order valence-electron chi connectivity index (χ1n) is 24.1. The van der Waals surface area contributed by atoms with Crippen LogP contribution in [-0.2, 0) is 0 Å².